The van der Waals surface area contributed by atoms with Crippen LogP contribution in [0.25, 0.3) is 6.08 Å². The van der Waals surface area contributed by atoms with Gasteiger partial charge in [-0.05, 0) is 6.07 Å². The van der Waals surface area contributed by atoms with E-state index < -0.39 is 9.85 Å². The van der Waals surface area contributed by atoms with Gasteiger partial charge in [-0.15, -0.1) is 0 Å². The molecule has 0 unspecified atom stereocenters. The van der Waals surface area contributed by atoms with Gasteiger partial charge >= 0.3 is 0 Å². The summed E-state index contributed by atoms with van der Waals surface area (Å²) in [6.45, 7) is 1.62. The Morgan fingerprint density at radius 2 is 2.06 bits per heavy atom. The fourth-order valence-corrected chi connectivity index (χ4v) is 1.39. The highest BCUT2D eigenvalue weighted by Gasteiger charge is 2.12. The van der Waals surface area contributed by atoms with Gasteiger partial charge in [0.2, 0.25) is 5.70 Å². The number of non-ortho nitro benzene ring substituents is 1. The number of halogens is 1. The van der Waals surface area contributed by atoms with Crippen LogP contribution in [0.5, 0.6) is 0 Å². The third kappa shape index (κ3) is 3.25. The summed E-state index contributed by atoms with van der Waals surface area (Å²) in [5.41, 5.74) is 0.0706. The van der Waals surface area contributed by atoms with Crippen molar-refractivity contribution in [3.8, 4) is 0 Å². The molecule has 0 fully saturated rings. The molecule has 0 heterocycles. The van der Waals surface area contributed by atoms with Crippen molar-refractivity contribution < 1.29 is 9.85 Å². The highest BCUT2D eigenvalue weighted by atomic mass is 35.5. The maximum Gasteiger partial charge on any atom is 0.270 e. The predicted molar refractivity (Wildman–Crippen MR) is 63.4 cm³/mol. The molecule has 0 saturated carbocycles. The Balaban J connectivity index is 3.25. The van der Waals surface area contributed by atoms with E-state index in [-0.39, 0.29) is 28.4 Å². The summed E-state index contributed by atoms with van der Waals surface area (Å²) in [6.07, 6.45) is 1.46. The molecule has 0 amide bonds. The van der Waals surface area contributed by atoms with Crippen molar-refractivity contribution in [1.82, 2.24) is 0 Å². The summed E-state index contributed by atoms with van der Waals surface area (Å²) in [5.74, 6) is 0. The SMILES string of the molecule is CCC(=Cc1cc([N+](=O)[O-])ccc1Cl)[N+](=O)[O-]. The van der Waals surface area contributed by atoms with Crippen LogP contribution in [-0.2, 0) is 0 Å². The minimum absolute atomic E-state index is 0.0487. The summed E-state index contributed by atoms with van der Waals surface area (Å²) in [7, 11) is 0. The maximum absolute atomic E-state index is 10.6. The average Bonchev–Trinajstić information content (AvgIpc) is 2.27. The number of allylic oxidation sites excluding steroid dienone is 1. The van der Waals surface area contributed by atoms with Crippen molar-refractivity contribution in [1.29, 1.82) is 0 Å². The van der Waals surface area contributed by atoms with Crippen LogP contribution in [0.2, 0.25) is 5.02 Å². The average molecular weight is 257 g/mol. The first-order valence-electron chi connectivity index (χ1n) is 4.74. The molecule has 0 aliphatic heterocycles. The van der Waals surface area contributed by atoms with Crippen LogP contribution >= 0.6 is 11.6 Å². The fraction of sp³-hybridized carbons (Fsp3) is 0.200. The molecule has 0 N–H and O–H groups in total. The molecule has 1 aromatic carbocycles. The molecule has 7 heteroatoms. The summed E-state index contributed by atoms with van der Waals surface area (Å²) in [6, 6.07) is 3.80. The second-order valence-electron chi connectivity index (χ2n) is 3.21. The highest BCUT2D eigenvalue weighted by Crippen LogP contribution is 2.24. The molecule has 0 aliphatic rings. The van der Waals surface area contributed by atoms with Crippen LogP contribution in [0.4, 0.5) is 5.69 Å². The van der Waals surface area contributed by atoms with E-state index in [2.05, 4.69) is 0 Å². The van der Waals surface area contributed by atoms with Crippen molar-refractivity contribution in [2.75, 3.05) is 0 Å². The monoisotopic (exact) mass is 256 g/mol. The van der Waals surface area contributed by atoms with E-state index in [1.807, 2.05) is 0 Å². The third-order valence-corrected chi connectivity index (χ3v) is 2.45. The van der Waals surface area contributed by atoms with Crippen molar-refractivity contribution in [3.05, 3.63) is 54.7 Å². The molecule has 0 radical (unpaired) electrons. The zero-order valence-electron chi connectivity index (χ0n) is 8.92. The van der Waals surface area contributed by atoms with Crippen molar-refractivity contribution in [2.24, 2.45) is 0 Å². The van der Waals surface area contributed by atoms with E-state index in [1.165, 1.54) is 24.3 Å². The minimum Gasteiger partial charge on any atom is -0.259 e. The number of nitrogens with zero attached hydrogens (tertiary/aromatic N) is 2. The van der Waals surface area contributed by atoms with Gasteiger partial charge in [-0.1, -0.05) is 18.5 Å². The topological polar surface area (TPSA) is 86.3 Å². The molecule has 90 valence electrons. The highest BCUT2D eigenvalue weighted by molar-refractivity contribution is 6.32. The number of nitro benzene ring substituents is 1. The van der Waals surface area contributed by atoms with Gasteiger partial charge in [0, 0.05) is 35.2 Å². The quantitative estimate of drug-likeness (QED) is 0.611. The van der Waals surface area contributed by atoms with Gasteiger partial charge in [-0.3, -0.25) is 20.2 Å². The number of hydrogen-bond acceptors (Lipinski definition) is 4. The normalized spacial score (nSPS) is 11.3. The molecular weight excluding hydrogens is 248 g/mol. The second kappa shape index (κ2) is 5.40. The summed E-state index contributed by atoms with van der Waals surface area (Å²) < 4.78 is 0. The molecule has 1 aromatic rings. The Bertz CT molecular complexity index is 499. The van der Waals surface area contributed by atoms with Crippen molar-refractivity contribution in [2.45, 2.75) is 13.3 Å². The Kier molecular flexibility index (Phi) is 4.17. The summed E-state index contributed by atoms with van der Waals surface area (Å²) in [5, 5.41) is 21.4. The van der Waals surface area contributed by atoms with Crippen LogP contribution in [0.3, 0.4) is 0 Å². The van der Waals surface area contributed by atoms with Gasteiger partial charge in [0.15, 0.2) is 0 Å². The van der Waals surface area contributed by atoms with Gasteiger partial charge in [0.25, 0.3) is 5.69 Å². The predicted octanol–water partition coefficient (Wildman–Crippen LogP) is 3.28. The largest absolute Gasteiger partial charge is 0.270 e. The second-order valence-corrected chi connectivity index (χ2v) is 3.62. The van der Waals surface area contributed by atoms with Gasteiger partial charge in [-0.25, -0.2) is 0 Å². The van der Waals surface area contributed by atoms with Crippen LogP contribution in [0.1, 0.15) is 18.9 Å². The molecule has 0 atom stereocenters. The molecule has 0 spiro atoms. The first-order valence-corrected chi connectivity index (χ1v) is 5.12. The van der Waals surface area contributed by atoms with E-state index in [4.69, 9.17) is 11.6 Å². The number of hydrogen-bond donors (Lipinski definition) is 0. The van der Waals surface area contributed by atoms with Crippen LogP contribution in [0.15, 0.2) is 23.9 Å². The standard InChI is InChI=1S/C10H9ClN2O4/c1-2-8(12(14)15)5-7-6-9(13(16)17)3-4-10(7)11/h3-6H,2H2,1H3. The van der Waals surface area contributed by atoms with E-state index in [0.717, 1.165) is 0 Å². The first kappa shape index (κ1) is 13.1. The molecule has 6 nitrogen and oxygen atoms in total. The lowest BCUT2D eigenvalue weighted by atomic mass is 10.1. The summed E-state index contributed by atoms with van der Waals surface area (Å²) in [4.78, 5) is 20.1. The molecule has 0 aromatic heterocycles. The van der Waals surface area contributed by atoms with Gasteiger partial charge < -0.3 is 0 Å². The lowest BCUT2D eigenvalue weighted by molar-refractivity contribution is -0.425. The number of rotatable bonds is 4. The van der Waals surface area contributed by atoms with E-state index >= 15 is 0 Å². The Labute approximate surface area is 102 Å². The van der Waals surface area contributed by atoms with Gasteiger partial charge in [-0.2, -0.15) is 0 Å². The minimum atomic E-state index is -0.578. The Morgan fingerprint density at radius 1 is 1.41 bits per heavy atom. The Morgan fingerprint density at radius 3 is 2.53 bits per heavy atom. The van der Waals surface area contributed by atoms with Crippen LogP contribution in [-0.4, -0.2) is 9.85 Å². The van der Waals surface area contributed by atoms with Crippen molar-refractivity contribution >= 4 is 23.4 Å². The van der Waals surface area contributed by atoms with Crippen LogP contribution in [0, 0.1) is 20.2 Å². The van der Waals surface area contributed by atoms with E-state index in [9.17, 15) is 20.2 Å². The Hall–Kier alpha value is -1.95. The lowest BCUT2D eigenvalue weighted by Crippen LogP contribution is -1.97. The van der Waals surface area contributed by atoms with Gasteiger partial charge in [0.1, 0.15) is 0 Å². The summed E-state index contributed by atoms with van der Waals surface area (Å²) >= 11 is 5.82. The molecule has 1 rings (SSSR count). The zero-order valence-corrected chi connectivity index (χ0v) is 9.68. The number of nitro groups is 2. The molecule has 0 aliphatic carbocycles. The van der Waals surface area contributed by atoms with E-state index in [1.54, 1.807) is 6.92 Å². The third-order valence-electron chi connectivity index (χ3n) is 2.11. The lowest BCUT2D eigenvalue weighted by Gasteiger charge is -1.99. The molecular formula is C10H9ClN2O4. The first-order chi connectivity index (χ1) is 7.95. The molecule has 0 saturated heterocycles. The van der Waals surface area contributed by atoms with Crippen LogP contribution < -0.4 is 0 Å². The fourth-order valence-electron chi connectivity index (χ4n) is 1.22. The zero-order chi connectivity index (χ0) is 13.0. The maximum atomic E-state index is 10.6. The van der Waals surface area contributed by atoms with E-state index in [0.29, 0.717) is 0 Å². The molecule has 17 heavy (non-hydrogen) atoms. The molecule has 0 bridgehead atoms. The van der Waals surface area contributed by atoms with Gasteiger partial charge in [0.05, 0.1) is 9.85 Å². The number of benzene rings is 1. The van der Waals surface area contributed by atoms with Crippen molar-refractivity contribution in [3.63, 3.8) is 0 Å². The smallest absolute Gasteiger partial charge is 0.259 e.